The molecule has 0 spiro atoms. The summed E-state index contributed by atoms with van der Waals surface area (Å²) in [5.41, 5.74) is 3.27. The lowest BCUT2D eigenvalue weighted by Gasteiger charge is -2.24. The molecule has 0 atom stereocenters. The predicted molar refractivity (Wildman–Crippen MR) is 136 cm³/mol. The Morgan fingerprint density at radius 3 is 2.29 bits per heavy atom. The molecule has 4 rings (SSSR count). The first kappa shape index (κ1) is 24.2. The maximum absolute atomic E-state index is 13.8. The minimum Gasteiger partial charge on any atom is -0.337 e. The molecule has 0 aliphatic heterocycles. The largest absolute Gasteiger partial charge is 0.337 e. The van der Waals surface area contributed by atoms with Crippen LogP contribution in [0.1, 0.15) is 32.9 Å². The second-order valence-corrected chi connectivity index (χ2v) is 10.3. The summed E-state index contributed by atoms with van der Waals surface area (Å²) in [5.74, 6) is 0.432. The van der Waals surface area contributed by atoms with E-state index in [1.54, 1.807) is 53.6 Å². The standard InChI is InChI=1S/C27H28N4O3S/c1-20-9-12-23(13-10-20)35(33,34)29-25-17-21(2)11-14-24(25)27(32)31(18-22-7-5-4-6-8-22)19-26-28-15-16-30(26)3/h4-17,29H,18-19H2,1-3H3. The highest BCUT2D eigenvalue weighted by atomic mass is 32.2. The van der Waals surface area contributed by atoms with Gasteiger partial charge in [0.15, 0.2) is 0 Å². The summed E-state index contributed by atoms with van der Waals surface area (Å²) in [6.45, 7) is 4.37. The summed E-state index contributed by atoms with van der Waals surface area (Å²) in [6.07, 6.45) is 3.51. The maximum atomic E-state index is 13.8. The molecule has 1 aromatic heterocycles. The predicted octanol–water partition coefficient (Wildman–Crippen LogP) is 4.68. The summed E-state index contributed by atoms with van der Waals surface area (Å²) < 4.78 is 30.7. The number of nitrogens with one attached hydrogen (secondary N) is 1. The Kier molecular flexibility index (Phi) is 7.02. The van der Waals surface area contributed by atoms with Crippen LogP contribution in [0, 0.1) is 13.8 Å². The van der Waals surface area contributed by atoms with Crippen LogP contribution >= 0.6 is 0 Å². The van der Waals surface area contributed by atoms with E-state index in [-0.39, 0.29) is 28.6 Å². The molecule has 7 nitrogen and oxygen atoms in total. The van der Waals surface area contributed by atoms with Crippen molar-refractivity contribution in [3.05, 3.63) is 113 Å². The van der Waals surface area contributed by atoms with Gasteiger partial charge >= 0.3 is 0 Å². The zero-order chi connectivity index (χ0) is 25.0. The fraction of sp³-hybridized carbons (Fsp3) is 0.185. The van der Waals surface area contributed by atoms with Crippen LogP contribution in [0.5, 0.6) is 0 Å². The zero-order valence-electron chi connectivity index (χ0n) is 20.0. The van der Waals surface area contributed by atoms with Crippen LogP contribution in [-0.4, -0.2) is 28.8 Å². The first-order chi connectivity index (χ1) is 16.7. The molecule has 1 amide bonds. The van der Waals surface area contributed by atoms with E-state index in [1.807, 2.05) is 62.0 Å². The zero-order valence-corrected chi connectivity index (χ0v) is 20.8. The fourth-order valence-corrected chi connectivity index (χ4v) is 4.81. The molecule has 180 valence electrons. The lowest BCUT2D eigenvalue weighted by molar-refractivity contribution is 0.0725. The summed E-state index contributed by atoms with van der Waals surface area (Å²) in [6, 6.07) is 21.4. The van der Waals surface area contributed by atoms with Crippen LogP contribution in [-0.2, 0) is 30.2 Å². The van der Waals surface area contributed by atoms with Crippen molar-refractivity contribution in [3.63, 3.8) is 0 Å². The molecule has 0 saturated heterocycles. The lowest BCUT2D eigenvalue weighted by atomic mass is 10.1. The first-order valence-electron chi connectivity index (χ1n) is 11.2. The Morgan fingerprint density at radius 2 is 1.63 bits per heavy atom. The van der Waals surface area contributed by atoms with E-state index in [0.717, 1.165) is 22.5 Å². The number of sulfonamides is 1. The minimum atomic E-state index is -3.88. The SMILES string of the molecule is Cc1ccc(S(=O)(=O)Nc2cc(C)ccc2C(=O)N(Cc2ccccc2)Cc2nccn2C)cc1. The van der Waals surface area contributed by atoms with Gasteiger partial charge in [-0.1, -0.05) is 54.1 Å². The number of aryl methyl sites for hydroxylation is 3. The van der Waals surface area contributed by atoms with Crippen LogP contribution < -0.4 is 4.72 Å². The van der Waals surface area contributed by atoms with Gasteiger partial charge in [-0.2, -0.15) is 0 Å². The average molecular weight is 489 g/mol. The Labute approximate surface area is 206 Å². The van der Waals surface area contributed by atoms with Gasteiger partial charge in [0, 0.05) is 26.0 Å². The van der Waals surface area contributed by atoms with Crippen molar-refractivity contribution >= 4 is 21.6 Å². The van der Waals surface area contributed by atoms with Crippen LogP contribution in [0.15, 0.2) is 90.1 Å². The van der Waals surface area contributed by atoms with E-state index >= 15 is 0 Å². The topological polar surface area (TPSA) is 84.3 Å². The van der Waals surface area contributed by atoms with Crippen molar-refractivity contribution in [3.8, 4) is 0 Å². The van der Waals surface area contributed by atoms with Crippen molar-refractivity contribution in [1.82, 2.24) is 14.5 Å². The van der Waals surface area contributed by atoms with Gasteiger partial charge in [-0.25, -0.2) is 13.4 Å². The summed E-state index contributed by atoms with van der Waals surface area (Å²) >= 11 is 0. The average Bonchev–Trinajstić information content (AvgIpc) is 3.23. The van der Waals surface area contributed by atoms with Crippen molar-refractivity contribution in [2.45, 2.75) is 31.8 Å². The molecule has 0 fully saturated rings. The Balaban J connectivity index is 1.70. The molecular weight excluding hydrogens is 460 g/mol. The molecule has 0 aliphatic carbocycles. The third-order valence-corrected chi connectivity index (χ3v) is 7.12. The number of carbonyl (C=O) groups is 1. The van der Waals surface area contributed by atoms with Crippen LogP contribution in [0.4, 0.5) is 5.69 Å². The van der Waals surface area contributed by atoms with Gasteiger partial charge in [-0.15, -0.1) is 0 Å². The highest BCUT2D eigenvalue weighted by Gasteiger charge is 2.24. The molecule has 1 N–H and O–H groups in total. The smallest absolute Gasteiger partial charge is 0.261 e. The molecule has 8 heteroatoms. The molecular formula is C27H28N4O3S. The number of aromatic nitrogens is 2. The van der Waals surface area contributed by atoms with Crippen LogP contribution in [0.3, 0.4) is 0 Å². The lowest BCUT2D eigenvalue weighted by Crippen LogP contribution is -2.32. The van der Waals surface area contributed by atoms with Gasteiger partial charge in [-0.3, -0.25) is 9.52 Å². The van der Waals surface area contributed by atoms with E-state index in [2.05, 4.69) is 9.71 Å². The number of anilines is 1. The van der Waals surface area contributed by atoms with Crippen molar-refractivity contribution < 1.29 is 13.2 Å². The van der Waals surface area contributed by atoms with Crippen LogP contribution in [0.2, 0.25) is 0 Å². The third kappa shape index (κ3) is 5.78. The van der Waals surface area contributed by atoms with Crippen LogP contribution in [0.25, 0.3) is 0 Å². The van der Waals surface area contributed by atoms with Gasteiger partial charge in [0.2, 0.25) is 0 Å². The quantitative estimate of drug-likeness (QED) is 0.390. The second-order valence-electron chi connectivity index (χ2n) is 8.57. The normalized spacial score (nSPS) is 11.3. The number of benzene rings is 3. The van der Waals surface area contributed by atoms with Gasteiger partial charge in [0.25, 0.3) is 15.9 Å². The Hall–Kier alpha value is -3.91. The van der Waals surface area contributed by atoms with Gasteiger partial charge in [0.05, 0.1) is 22.7 Å². The molecule has 0 radical (unpaired) electrons. The highest BCUT2D eigenvalue weighted by molar-refractivity contribution is 7.92. The summed E-state index contributed by atoms with van der Waals surface area (Å²) in [5, 5.41) is 0. The van der Waals surface area contributed by atoms with Gasteiger partial charge in [0.1, 0.15) is 5.82 Å². The molecule has 0 bridgehead atoms. The van der Waals surface area contributed by atoms with Gasteiger partial charge in [-0.05, 0) is 49.2 Å². The van der Waals surface area contributed by atoms with Crippen molar-refractivity contribution in [1.29, 1.82) is 0 Å². The minimum absolute atomic E-state index is 0.136. The number of rotatable bonds is 8. The number of amides is 1. The van der Waals surface area contributed by atoms with Gasteiger partial charge < -0.3 is 9.47 Å². The van der Waals surface area contributed by atoms with Crippen molar-refractivity contribution in [2.24, 2.45) is 7.05 Å². The number of imidazole rings is 1. The molecule has 0 aliphatic rings. The molecule has 0 saturated carbocycles. The molecule has 0 unspecified atom stereocenters. The Morgan fingerprint density at radius 1 is 0.943 bits per heavy atom. The summed E-state index contributed by atoms with van der Waals surface area (Å²) in [7, 11) is -2.01. The highest BCUT2D eigenvalue weighted by Crippen LogP contribution is 2.25. The second kappa shape index (κ2) is 10.1. The fourth-order valence-electron chi connectivity index (χ4n) is 3.74. The number of hydrogen-bond donors (Lipinski definition) is 1. The number of hydrogen-bond acceptors (Lipinski definition) is 4. The first-order valence-corrected chi connectivity index (χ1v) is 12.7. The molecule has 35 heavy (non-hydrogen) atoms. The third-order valence-electron chi connectivity index (χ3n) is 5.74. The molecule has 3 aromatic carbocycles. The summed E-state index contributed by atoms with van der Waals surface area (Å²) in [4.78, 5) is 20.0. The monoisotopic (exact) mass is 488 g/mol. The maximum Gasteiger partial charge on any atom is 0.261 e. The Bertz CT molecular complexity index is 1430. The van der Waals surface area contributed by atoms with E-state index in [4.69, 9.17) is 0 Å². The van der Waals surface area contributed by atoms with E-state index in [9.17, 15) is 13.2 Å². The molecule has 4 aromatic rings. The van der Waals surface area contributed by atoms with Crippen molar-refractivity contribution in [2.75, 3.05) is 4.72 Å². The van der Waals surface area contributed by atoms with E-state index in [1.165, 1.54) is 0 Å². The number of nitrogens with zero attached hydrogens (tertiary/aromatic N) is 3. The number of carbonyl (C=O) groups excluding carboxylic acids is 1. The molecule has 1 heterocycles. The van der Waals surface area contributed by atoms with E-state index in [0.29, 0.717) is 6.54 Å². The van der Waals surface area contributed by atoms with E-state index < -0.39 is 10.0 Å².